The van der Waals surface area contributed by atoms with Crippen molar-refractivity contribution >= 4 is 17.7 Å². The Hall–Kier alpha value is -2.63. The molecule has 5 rings (SSSR count). The average molecular weight is 657 g/mol. The first-order valence-corrected chi connectivity index (χ1v) is 17.2. The first-order chi connectivity index (χ1) is 22.1. The zero-order valence-corrected chi connectivity index (χ0v) is 28.6. The zero-order chi connectivity index (χ0) is 34.7. The van der Waals surface area contributed by atoms with Gasteiger partial charge in [0.1, 0.15) is 17.8 Å². The number of rotatable bonds is 12. The number of aliphatic hydroxyl groups is 4. The number of ketones is 1. The number of esters is 2. The molecule has 47 heavy (non-hydrogen) atoms. The second kappa shape index (κ2) is 12.4. The minimum Gasteiger partial charge on any atom is -0.455 e. The van der Waals surface area contributed by atoms with Gasteiger partial charge in [0.15, 0.2) is 17.0 Å². The molecule has 12 atom stereocenters. The number of carbonyl (C=O) groups is 3. The number of hydrogen-bond donors (Lipinski definition) is 4. The van der Waals surface area contributed by atoms with Crippen LogP contribution in [0.4, 0.5) is 0 Å². The van der Waals surface area contributed by atoms with E-state index in [4.69, 9.17) is 14.2 Å². The second-order valence-electron chi connectivity index (χ2n) is 15.0. The van der Waals surface area contributed by atoms with E-state index in [1.807, 2.05) is 32.9 Å². The summed E-state index contributed by atoms with van der Waals surface area (Å²) in [5, 5.41) is 47.2. The Bertz CT molecular complexity index is 1390. The van der Waals surface area contributed by atoms with E-state index in [9.17, 15) is 34.8 Å². The van der Waals surface area contributed by atoms with Crippen LogP contribution < -0.4 is 0 Å². The van der Waals surface area contributed by atoms with Crippen LogP contribution in [-0.2, 0) is 28.6 Å². The number of epoxide rings is 1. The minimum atomic E-state index is -2.50. The molecule has 260 valence electrons. The molecule has 10 heteroatoms. The predicted molar refractivity (Wildman–Crippen MR) is 172 cm³/mol. The third kappa shape index (κ3) is 4.96. The highest BCUT2D eigenvalue weighted by Crippen LogP contribution is 2.80. The van der Waals surface area contributed by atoms with E-state index in [1.165, 1.54) is 25.5 Å². The van der Waals surface area contributed by atoms with Crippen LogP contribution in [0.3, 0.4) is 0 Å². The smallest absolute Gasteiger partial charge is 0.331 e. The normalized spacial score (nSPS) is 43.5. The quantitative estimate of drug-likeness (QED) is 0.0804. The SMILES string of the molecule is CCCCCC=CC=CC=CC(=O)OC1C(C)C2(O)C(C3OC3(CO)C(O)C3(O)C(=O)C(C)=CC32)C2C(C)(C)C12OC(=O)C(C)CC. The number of ether oxygens (including phenoxy) is 3. The van der Waals surface area contributed by atoms with Crippen LogP contribution in [-0.4, -0.2) is 85.5 Å². The monoisotopic (exact) mass is 656 g/mol. The molecule has 4 aliphatic carbocycles. The van der Waals surface area contributed by atoms with Crippen LogP contribution >= 0.6 is 0 Å². The van der Waals surface area contributed by atoms with Crippen molar-refractivity contribution < 1.29 is 49.0 Å². The first-order valence-electron chi connectivity index (χ1n) is 17.2. The van der Waals surface area contributed by atoms with Gasteiger partial charge >= 0.3 is 11.9 Å². The number of hydrogen-bond acceptors (Lipinski definition) is 10. The third-order valence-electron chi connectivity index (χ3n) is 12.2. The summed E-state index contributed by atoms with van der Waals surface area (Å²) in [7, 11) is 0. The Balaban J connectivity index is 1.55. The lowest BCUT2D eigenvalue weighted by Gasteiger charge is -2.53. The molecule has 12 unspecified atom stereocenters. The van der Waals surface area contributed by atoms with Crippen molar-refractivity contribution in [1.82, 2.24) is 0 Å². The van der Waals surface area contributed by atoms with Gasteiger partial charge in [0, 0.05) is 35.2 Å². The van der Waals surface area contributed by atoms with Crippen molar-refractivity contribution in [3.63, 3.8) is 0 Å². The number of aliphatic hydroxyl groups excluding tert-OH is 2. The highest BCUT2D eigenvalue weighted by molar-refractivity contribution is 6.05. The summed E-state index contributed by atoms with van der Waals surface area (Å²) < 4.78 is 18.5. The Morgan fingerprint density at radius 2 is 1.79 bits per heavy atom. The van der Waals surface area contributed by atoms with E-state index < -0.39 is 100 Å². The van der Waals surface area contributed by atoms with E-state index in [1.54, 1.807) is 26.0 Å². The fraction of sp³-hybridized carbons (Fsp3) is 0.703. The lowest BCUT2D eigenvalue weighted by atomic mass is 9.58. The zero-order valence-electron chi connectivity index (χ0n) is 28.6. The van der Waals surface area contributed by atoms with E-state index >= 15 is 0 Å². The van der Waals surface area contributed by atoms with Crippen LogP contribution in [0.5, 0.6) is 0 Å². The average Bonchev–Trinajstić information content (AvgIpc) is 3.86. The van der Waals surface area contributed by atoms with E-state index in [0.29, 0.717) is 6.42 Å². The van der Waals surface area contributed by atoms with Gasteiger partial charge in [-0.05, 0) is 31.8 Å². The number of unbranched alkanes of at least 4 members (excludes halogenated alkanes) is 3. The fourth-order valence-electron chi connectivity index (χ4n) is 9.21. The maximum atomic E-state index is 13.5. The van der Waals surface area contributed by atoms with E-state index in [0.717, 1.165) is 19.3 Å². The van der Waals surface area contributed by atoms with Crippen LogP contribution in [0.2, 0.25) is 0 Å². The molecule has 0 aromatic heterocycles. The highest BCUT2D eigenvalue weighted by Gasteiger charge is 2.93. The second-order valence-corrected chi connectivity index (χ2v) is 15.0. The molecule has 5 aliphatic rings. The van der Waals surface area contributed by atoms with Gasteiger partial charge in [-0.25, -0.2) is 4.79 Å². The summed E-state index contributed by atoms with van der Waals surface area (Å²) in [4.78, 5) is 40.4. The van der Waals surface area contributed by atoms with Crippen LogP contribution in [0.25, 0.3) is 0 Å². The van der Waals surface area contributed by atoms with Crippen LogP contribution in [0.15, 0.2) is 48.1 Å². The van der Waals surface area contributed by atoms with Gasteiger partial charge in [0.05, 0.1) is 24.2 Å². The third-order valence-corrected chi connectivity index (χ3v) is 12.2. The maximum Gasteiger partial charge on any atom is 0.331 e. The van der Waals surface area contributed by atoms with Gasteiger partial charge < -0.3 is 34.6 Å². The highest BCUT2D eigenvalue weighted by atomic mass is 16.6. The molecular weight excluding hydrogens is 604 g/mol. The molecule has 1 heterocycles. The molecule has 0 amide bonds. The Morgan fingerprint density at radius 3 is 2.43 bits per heavy atom. The molecule has 3 saturated carbocycles. The molecule has 0 radical (unpaired) electrons. The van der Waals surface area contributed by atoms with Crippen LogP contribution in [0, 0.1) is 35.0 Å². The summed E-state index contributed by atoms with van der Waals surface area (Å²) in [6.07, 6.45) is 12.7. The Morgan fingerprint density at radius 1 is 1.11 bits per heavy atom. The van der Waals surface area contributed by atoms with Crippen molar-refractivity contribution in [2.24, 2.45) is 35.0 Å². The van der Waals surface area contributed by atoms with E-state index in [-0.39, 0.29) is 5.57 Å². The Labute approximate surface area is 277 Å². The maximum absolute atomic E-state index is 13.5. The Kier molecular flexibility index (Phi) is 9.38. The standard InChI is InChI=1S/C37H52O10/c1-8-10-11-12-13-14-15-16-17-18-25(39)45-29-23(5)35(43)24-19-22(4)28(40)36(24,44)32(42)34(20-38)30(46-34)26(35)27-33(6,7)37(27,29)47-31(41)21(3)9-2/h13-19,21,23-24,26-27,29-30,32,38,42-44H,8-12,20H2,1-7H3. The topological polar surface area (TPSA) is 163 Å². The summed E-state index contributed by atoms with van der Waals surface area (Å²) in [6, 6.07) is 0. The summed E-state index contributed by atoms with van der Waals surface area (Å²) >= 11 is 0. The lowest BCUT2D eigenvalue weighted by molar-refractivity contribution is -0.244. The van der Waals surface area contributed by atoms with Gasteiger partial charge in [0.25, 0.3) is 0 Å². The predicted octanol–water partition coefficient (Wildman–Crippen LogP) is 3.51. The number of carbonyl (C=O) groups excluding carboxylic acids is 3. The molecule has 0 aromatic rings. The molecule has 4 fully saturated rings. The van der Waals surface area contributed by atoms with Crippen molar-refractivity contribution in [3.05, 3.63) is 48.1 Å². The van der Waals surface area contributed by atoms with Gasteiger partial charge in [-0.3, -0.25) is 9.59 Å². The van der Waals surface area contributed by atoms with Crippen LogP contribution in [0.1, 0.15) is 80.6 Å². The number of allylic oxidation sites excluding steroid dienone is 5. The van der Waals surface area contributed by atoms with Crippen molar-refractivity contribution in [3.8, 4) is 0 Å². The van der Waals surface area contributed by atoms with Crippen molar-refractivity contribution in [2.45, 2.75) is 121 Å². The molecule has 4 N–H and O–H groups in total. The summed E-state index contributed by atoms with van der Waals surface area (Å²) in [6.45, 7) is 11.9. The largest absolute Gasteiger partial charge is 0.455 e. The molecule has 0 aromatic carbocycles. The molecule has 1 saturated heterocycles. The minimum absolute atomic E-state index is 0.154. The molecular formula is C37H52O10. The van der Waals surface area contributed by atoms with Gasteiger partial charge in [-0.1, -0.05) is 90.8 Å². The molecule has 10 nitrogen and oxygen atoms in total. The molecule has 1 aliphatic heterocycles. The van der Waals surface area contributed by atoms with Gasteiger partial charge in [-0.2, -0.15) is 0 Å². The van der Waals surface area contributed by atoms with Gasteiger partial charge in [-0.15, -0.1) is 0 Å². The molecule has 0 bridgehead atoms. The number of fused-ring (bicyclic) bond motifs is 7. The van der Waals surface area contributed by atoms with E-state index in [2.05, 4.69) is 13.0 Å². The number of Topliss-reactive ketones (excluding diaryl/α,β-unsaturated/α-hetero) is 1. The van der Waals surface area contributed by atoms with Crippen molar-refractivity contribution in [2.75, 3.05) is 6.61 Å². The summed E-state index contributed by atoms with van der Waals surface area (Å²) in [5.41, 5.74) is -8.33. The fourth-order valence-corrected chi connectivity index (χ4v) is 9.21. The van der Waals surface area contributed by atoms with Crippen molar-refractivity contribution in [1.29, 1.82) is 0 Å². The first kappa shape index (κ1) is 35.7. The molecule has 0 spiro atoms. The van der Waals surface area contributed by atoms with Gasteiger partial charge in [0.2, 0.25) is 0 Å². The summed E-state index contributed by atoms with van der Waals surface area (Å²) in [5.74, 6) is -6.35. The lowest BCUT2D eigenvalue weighted by Crippen LogP contribution is -2.69.